The van der Waals surface area contributed by atoms with Gasteiger partial charge in [0.15, 0.2) is 0 Å². The molecule has 1 aromatic rings. The average molecular weight is 358 g/mol. The van der Waals surface area contributed by atoms with Crippen molar-refractivity contribution in [2.24, 2.45) is 7.05 Å². The summed E-state index contributed by atoms with van der Waals surface area (Å²) in [5.41, 5.74) is 0.519. The lowest BCUT2D eigenvalue weighted by Gasteiger charge is -2.31. The Balaban J connectivity index is 2.18. The minimum absolute atomic E-state index is 0.234. The number of amides is 1. The second-order valence-corrected chi connectivity index (χ2v) is 7.46. The molecule has 0 radical (unpaired) electrons. The Morgan fingerprint density at radius 1 is 1.48 bits per heavy atom. The molecule has 1 aliphatic carbocycles. The molecule has 0 bridgehead atoms. The van der Waals surface area contributed by atoms with Gasteiger partial charge in [-0.3, -0.25) is 9.58 Å². The van der Waals surface area contributed by atoms with E-state index < -0.39 is 5.60 Å². The molecule has 0 saturated heterocycles. The number of aryl methyl sites for hydroxylation is 1. The predicted molar refractivity (Wildman–Crippen MR) is 84.9 cm³/mol. The molecule has 1 fully saturated rings. The minimum atomic E-state index is -0.475. The van der Waals surface area contributed by atoms with Crippen molar-refractivity contribution in [3.8, 4) is 0 Å². The minimum Gasteiger partial charge on any atom is -0.444 e. The maximum atomic E-state index is 12.6. The Kier molecular flexibility index (Phi) is 4.96. The Morgan fingerprint density at radius 3 is 2.57 bits per heavy atom. The van der Waals surface area contributed by atoms with Crippen molar-refractivity contribution >= 4 is 22.0 Å². The zero-order valence-corrected chi connectivity index (χ0v) is 14.8. The second-order valence-electron chi connectivity index (χ2n) is 6.61. The number of carbonyl (C=O) groups is 1. The predicted octanol–water partition coefficient (Wildman–Crippen LogP) is 3.86. The van der Waals surface area contributed by atoms with Gasteiger partial charge in [-0.1, -0.05) is 12.8 Å². The highest BCUT2D eigenvalue weighted by atomic mass is 79.9. The van der Waals surface area contributed by atoms with Crippen LogP contribution in [0.3, 0.4) is 0 Å². The van der Waals surface area contributed by atoms with E-state index in [9.17, 15) is 4.79 Å². The van der Waals surface area contributed by atoms with Crippen molar-refractivity contribution in [1.29, 1.82) is 0 Å². The van der Waals surface area contributed by atoms with E-state index in [4.69, 9.17) is 4.74 Å². The molecule has 1 saturated carbocycles. The Hall–Kier alpha value is -1.04. The van der Waals surface area contributed by atoms with Gasteiger partial charge in [-0.15, -0.1) is 0 Å². The van der Waals surface area contributed by atoms with Gasteiger partial charge >= 0.3 is 6.09 Å². The third kappa shape index (κ3) is 4.22. The summed E-state index contributed by atoms with van der Waals surface area (Å²) in [4.78, 5) is 14.4. The van der Waals surface area contributed by atoms with Crippen LogP contribution < -0.4 is 0 Å². The van der Waals surface area contributed by atoms with E-state index in [0.717, 1.165) is 23.0 Å². The van der Waals surface area contributed by atoms with Gasteiger partial charge in [-0.2, -0.15) is 5.10 Å². The molecule has 118 valence electrons. The smallest absolute Gasteiger partial charge is 0.410 e. The number of hydrogen-bond acceptors (Lipinski definition) is 3. The van der Waals surface area contributed by atoms with E-state index in [1.807, 2.05) is 32.7 Å². The molecular weight excluding hydrogens is 334 g/mol. The van der Waals surface area contributed by atoms with Gasteiger partial charge in [0, 0.05) is 13.1 Å². The summed E-state index contributed by atoms with van der Waals surface area (Å²) in [6, 6.07) is 0.265. The van der Waals surface area contributed by atoms with Crippen molar-refractivity contribution in [3.63, 3.8) is 0 Å². The lowest BCUT2D eigenvalue weighted by Crippen LogP contribution is -2.42. The summed E-state index contributed by atoms with van der Waals surface area (Å²) >= 11 is 3.50. The van der Waals surface area contributed by atoms with Crippen LogP contribution in [-0.2, 0) is 18.3 Å². The SMILES string of the molecule is Cn1ncc(Br)c1CN(C(=O)OC(C)(C)C)C1CCCC1. The number of hydrogen-bond donors (Lipinski definition) is 0. The first kappa shape index (κ1) is 16.3. The largest absolute Gasteiger partial charge is 0.444 e. The average Bonchev–Trinajstić information content (AvgIpc) is 2.96. The van der Waals surface area contributed by atoms with Gasteiger partial charge in [0.1, 0.15) is 5.60 Å². The lowest BCUT2D eigenvalue weighted by atomic mass is 10.2. The summed E-state index contributed by atoms with van der Waals surface area (Å²) < 4.78 is 8.31. The maximum absolute atomic E-state index is 12.6. The molecule has 1 heterocycles. The van der Waals surface area contributed by atoms with Crippen molar-refractivity contribution in [1.82, 2.24) is 14.7 Å². The van der Waals surface area contributed by atoms with Crippen LogP contribution in [0.15, 0.2) is 10.7 Å². The fraction of sp³-hybridized carbons (Fsp3) is 0.733. The molecule has 0 spiro atoms. The molecule has 1 amide bonds. The van der Waals surface area contributed by atoms with Crippen LogP contribution in [0.25, 0.3) is 0 Å². The Morgan fingerprint density at radius 2 is 2.10 bits per heavy atom. The van der Waals surface area contributed by atoms with Crippen LogP contribution in [0.1, 0.15) is 52.1 Å². The fourth-order valence-electron chi connectivity index (χ4n) is 2.65. The summed E-state index contributed by atoms with van der Waals surface area (Å²) in [7, 11) is 1.89. The molecule has 0 unspecified atom stereocenters. The normalized spacial score (nSPS) is 16.2. The first-order chi connectivity index (χ1) is 9.78. The van der Waals surface area contributed by atoms with Gasteiger partial charge in [0.05, 0.1) is 22.9 Å². The van der Waals surface area contributed by atoms with Crippen LogP contribution in [0.5, 0.6) is 0 Å². The van der Waals surface area contributed by atoms with E-state index in [1.165, 1.54) is 12.8 Å². The first-order valence-electron chi connectivity index (χ1n) is 7.44. The third-order valence-electron chi connectivity index (χ3n) is 3.72. The molecule has 1 aromatic heterocycles. The number of ether oxygens (including phenoxy) is 1. The fourth-order valence-corrected chi connectivity index (χ4v) is 3.13. The van der Waals surface area contributed by atoms with Crippen molar-refractivity contribution in [2.45, 2.75) is 64.6 Å². The topological polar surface area (TPSA) is 47.4 Å². The van der Waals surface area contributed by atoms with Gasteiger partial charge in [-0.25, -0.2) is 4.79 Å². The molecule has 5 nitrogen and oxygen atoms in total. The van der Waals surface area contributed by atoms with Crippen LogP contribution in [-0.4, -0.2) is 32.4 Å². The van der Waals surface area contributed by atoms with E-state index >= 15 is 0 Å². The number of carbonyl (C=O) groups excluding carboxylic acids is 1. The van der Waals surface area contributed by atoms with Crippen LogP contribution >= 0.6 is 15.9 Å². The zero-order chi connectivity index (χ0) is 15.6. The van der Waals surface area contributed by atoms with Gasteiger partial charge < -0.3 is 4.74 Å². The number of halogens is 1. The standard InChI is InChI=1S/C15H24BrN3O2/c1-15(2,3)21-14(20)19(11-7-5-6-8-11)10-13-12(16)9-17-18(13)4/h9,11H,5-8,10H2,1-4H3. The number of rotatable bonds is 3. The first-order valence-corrected chi connectivity index (χ1v) is 8.23. The van der Waals surface area contributed by atoms with Crippen molar-refractivity contribution in [2.75, 3.05) is 0 Å². The van der Waals surface area contributed by atoms with E-state index in [-0.39, 0.29) is 12.1 Å². The summed E-state index contributed by atoms with van der Waals surface area (Å²) in [6.07, 6.45) is 5.98. The van der Waals surface area contributed by atoms with E-state index in [2.05, 4.69) is 21.0 Å². The second kappa shape index (κ2) is 6.38. The van der Waals surface area contributed by atoms with E-state index in [1.54, 1.807) is 10.9 Å². The molecule has 0 N–H and O–H groups in total. The highest BCUT2D eigenvalue weighted by Gasteiger charge is 2.31. The molecule has 6 heteroatoms. The molecule has 0 atom stereocenters. The third-order valence-corrected chi connectivity index (χ3v) is 4.39. The lowest BCUT2D eigenvalue weighted by molar-refractivity contribution is 0.0139. The molecular formula is C15H24BrN3O2. The van der Waals surface area contributed by atoms with Crippen molar-refractivity contribution < 1.29 is 9.53 Å². The molecule has 2 rings (SSSR count). The van der Waals surface area contributed by atoms with Gasteiger partial charge in [-0.05, 0) is 49.5 Å². The highest BCUT2D eigenvalue weighted by Crippen LogP contribution is 2.28. The Labute approximate surface area is 134 Å². The summed E-state index contributed by atoms with van der Waals surface area (Å²) in [5.74, 6) is 0. The number of nitrogens with zero attached hydrogens (tertiary/aromatic N) is 3. The highest BCUT2D eigenvalue weighted by molar-refractivity contribution is 9.10. The van der Waals surface area contributed by atoms with Crippen molar-refractivity contribution in [3.05, 3.63) is 16.4 Å². The van der Waals surface area contributed by atoms with Crippen LogP contribution in [0.4, 0.5) is 4.79 Å². The van der Waals surface area contributed by atoms with Crippen LogP contribution in [0, 0.1) is 0 Å². The number of aromatic nitrogens is 2. The molecule has 21 heavy (non-hydrogen) atoms. The van der Waals surface area contributed by atoms with Gasteiger partial charge in [0.25, 0.3) is 0 Å². The monoisotopic (exact) mass is 357 g/mol. The molecule has 1 aliphatic rings. The Bertz CT molecular complexity index is 482. The van der Waals surface area contributed by atoms with Gasteiger partial charge in [0.2, 0.25) is 0 Å². The maximum Gasteiger partial charge on any atom is 0.410 e. The van der Waals surface area contributed by atoms with E-state index in [0.29, 0.717) is 6.54 Å². The molecule has 0 aromatic carbocycles. The van der Waals surface area contributed by atoms with Crippen LogP contribution in [0.2, 0.25) is 0 Å². The zero-order valence-electron chi connectivity index (χ0n) is 13.2. The molecule has 0 aliphatic heterocycles. The summed E-state index contributed by atoms with van der Waals surface area (Å²) in [6.45, 7) is 6.23. The summed E-state index contributed by atoms with van der Waals surface area (Å²) in [5, 5.41) is 4.22. The quantitative estimate of drug-likeness (QED) is 0.824.